The van der Waals surface area contributed by atoms with E-state index in [1.54, 1.807) is 0 Å². The van der Waals surface area contributed by atoms with E-state index in [0.717, 1.165) is 0 Å². The predicted molar refractivity (Wildman–Crippen MR) is 83.8 cm³/mol. The molecule has 1 fully saturated rings. The number of benzene rings is 1. The van der Waals surface area contributed by atoms with Crippen LogP contribution in [0.5, 0.6) is 0 Å². The van der Waals surface area contributed by atoms with Crippen LogP contribution < -0.4 is 0 Å². The highest BCUT2D eigenvalue weighted by Gasteiger charge is 2.62. The van der Waals surface area contributed by atoms with E-state index >= 15 is 0 Å². The number of hydrogen-bond acceptors (Lipinski definition) is 3. The molecule has 2 atom stereocenters. The topological polar surface area (TPSA) is 63.6 Å². The third kappa shape index (κ3) is 4.19. The molecule has 29 heavy (non-hydrogen) atoms. The third-order valence-electron chi connectivity index (χ3n) is 4.69. The summed E-state index contributed by atoms with van der Waals surface area (Å²) in [6.45, 7) is 1.53. The Morgan fingerprint density at radius 3 is 2.00 bits per heavy atom. The molecule has 1 aromatic carbocycles. The summed E-state index contributed by atoms with van der Waals surface area (Å²) in [6, 6.07) is 0. The van der Waals surface area contributed by atoms with Crippen LogP contribution in [0.2, 0.25) is 0 Å². The number of allylic oxidation sites excluding steroid dienone is 2. The van der Waals surface area contributed by atoms with Crippen LogP contribution in [-0.4, -0.2) is 23.2 Å². The lowest BCUT2D eigenvalue weighted by atomic mass is 10.1. The molecule has 1 aromatic rings. The van der Waals surface area contributed by atoms with Crippen molar-refractivity contribution >= 4 is 23.5 Å². The summed E-state index contributed by atoms with van der Waals surface area (Å²) in [7, 11) is 0. The van der Waals surface area contributed by atoms with Gasteiger partial charge in [0.25, 0.3) is 0 Å². The minimum absolute atomic E-state index is 0.607. The van der Waals surface area contributed by atoms with Gasteiger partial charge in [-0.2, -0.15) is 13.2 Å². The maximum atomic E-state index is 13.9. The zero-order chi connectivity index (χ0) is 22.5. The number of carboxylic acids is 1. The van der Waals surface area contributed by atoms with E-state index in [1.165, 1.54) is 13.8 Å². The Bertz CT molecular complexity index is 879. The standard InChI is InChI=1S/C17H12ClF7O4/c1-16(2)6(3-7(18)17(23,24)25)9(16)15(28)29-4-5-10(19)12(21)8(14(26)27)13(22)11(5)20/h3,6,9H,4H2,1-2H3,(H,26,27)/b7-3-/t6-,9-/m0/s1. The second-order valence-corrected chi connectivity index (χ2v) is 7.27. The molecule has 0 radical (unpaired) electrons. The van der Waals surface area contributed by atoms with Crippen LogP contribution in [0.15, 0.2) is 11.1 Å². The molecule has 160 valence electrons. The van der Waals surface area contributed by atoms with Crippen molar-refractivity contribution in [3.8, 4) is 0 Å². The SMILES string of the molecule is CC1(C)[C@H](C(=O)OCc2c(F)c(F)c(C(=O)O)c(F)c2F)[C@@H]1/C=C(\Cl)C(F)(F)F. The Labute approximate surface area is 163 Å². The first-order chi connectivity index (χ1) is 13.1. The zero-order valence-electron chi connectivity index (χ0n) is 14.6. The number of hydrogen-bond donors (Lipinski definition) is 1. The quantitative estimate of drug-likeness (QED) is 0.394. The van der Waals surface area contributed by atoms with Crippen LogP contribution in [0.25, 0.3) is 0 Å². The van der Waals surface area contributed by atoms with E-state index in [4.69, 9.17) is 16.7 Å². The normalized spacial score (nSPS) is 21.1. The van der Waals surface area contributed by atoms with Crippen LogP contribution >= 0.6 is 11.6 Å². The molecule has 4 nitrogen and oxygen atoms in total. The molecule has 0 aliphatic heterocycles. The van der Waals surface area contributed by atoms with Gasteiger partial charge < -0.3 is 9.84 Å². The molecule has 1 N–H and O–H groups in total. The third-order valence-corrected chi connectivity index (χ3v) is 5.03. The lowest BCUT2D eigenvalue weighted by molar-refractivity contribution is -0.147. The fraction of sp³-hybridized carbons (Fsp3) is 0.412. The van der Waals surface area contributed by atoms with Crippen LogP contribution in [0.1, 0.15) is 29.8 Å². The zero-order valence-corrected chi connectivity index (χ0v) is 15.4. The van der Waals surface area contributed by atoms with Crippen molar-refractivity contribution in [2.45, 2.75) is 26.6 Å². The van der Waals surface area contributed by atoms with Crippen molar-refractivity contribution < 1.29 is 50.2 Å². The van der Waals surface area contributed by atoms with Gasteiger partial charge >= 0.3 is 18.1 Å². The van der Waals surface area contributed by atoms with Gasteiger partial charge in [-0.25, -0.2) is 22.4 Å². The van der Waals surface area contributed by atoms with Crippen LogP contribution in [-0.2, 0) is 16.1 Å². The van der Waals surface area contributed by atoms with Crippen molar-refractivity contribution in [1.82, 2.24) is 0 Å². The van der Waals surface area contributed by atoms with Crippen LogP contribution in [0, 0.1) is 40.5 Å². The lowest BCUT2D eigenvalue weighted by Crippen LogP contribution is -2.16. The highest BCUT2D eigenvalue weighted by molar-refractivity contribution is 6.30. The first-order valence-electron chi connectivity index (χ1n) is 7.81. The van der Waals surface area contributed by atoms with Gasteiger partial charge in [-0.15, -0.1) is 0 Å². The van der Waals surface area contributed by atoms with E-state index in [1.807, 2.05) is 0 Å². The maximum Gasteiger partial charge on any atom is 0.426 e. The molecule has 0 bridgehead atoms. The smallest absolute Gasteiger partial charge is 0.426 e. The molecule has 0 unspecified atom stereocenters. The highest BCUT2D eigenvalue weighted by atomic mass is 35.5. The van der Waals surface area contributed by atoms with Crippen molar-refractivity contribution in [3.63, 3.8) is 0 Å². The average molecular weight is 449 g/mol. The number of alkyl halides is 3. The van der Waals surface area contributed by atoms with Gasteiger partial charge in [0.15, 0.2) is 23.3 Å². The van der Waals surface area contributed by atoms with Gasteiger partial charge in [0.2, 0.25) is 0 Å². The molecule has 12 heteroatoms. The van der Waals surface area contributed by atoms with Gasteiger partial charge in [-0.3, -0.25) is 4.79 Å². The summed E-state index contributed by atoms with van der Waals surface area (Å²) in [4.78, 5) is 22.8. The largest absolute Gasteiger partial charge is 0.477 e. The molecule has 0 heterocycles. The molecule has 1 aliphatic carbocycles. The van der Waals surface area contributed by atoms with Gasteiger partial charge in [0.1, 0.15) is 17.2 Å². The Kier molecular flexibility index (Phi) is 5.95. The van der Waals surface area contributed by atoms with Crippen LogP contribution in [0.3, 0.4) is 0 Å². The first-order valence-corrected chi connectivity index (χ1v) is 8.19. The Morgan fingerprint density at radius 1 is 1.10 bits per heavy atom. The lowest BCUT2D eigenvalue weighted by Gasteiger charge is -2.11. The van der Waals surface area contributed by atoms with Gasteiger partial charge in [-0.1, -0.05) is 31.5 Å². The molecule has 0 saturated heterocycles. The number of esters is 1. The number of carbonyl (C=O) groups excluding carboxylic acids is 1. The molecule has 1 aliphatic rings. The van der Waals surface area contributed by atoms with E-state index < -0.39 is 81.4 Å². The van der Waals surface area contributed by atoms with Crippen molar-refractivity contribution in [2.24, 2.45) is 17.3 Å². The molecule has 0 aromatic heterocycles. The van der Waals surface area contributed by atoms with Gasteiger partial charge in [-0.05, 0) is 11.3 Å². The fourth-order valence-electron chi connectivity index (χ4n) is 2.92. The number of carbonyl (C=O) groups is 2. The highest BCUT2D eigenvalue weighted by Crippen LogP contribution is 2.60. The summed E-state index contributed by atoms with van der Waals surface area (Å²) < 4.78 is 97.3. The number of aromatic carboxylic acids is 1. The summed E-state index contributed by atoms with van der Waals surface area (Å²) in [6.07, 6.45) is -4.22. The minimum Gasteiger partial charge on any atom is -0.477 e. The number of ether oxygens (including phenoxy) is 1. The average Bonchev–Trinajstić information content (AvgIpc) is 3.12. The first kappa shape index (κ1) is 23.0. The van der Waals surface area contributed by atoms with Crippen molar-refractivity contribution in [1.29, 1.82) is 0 Å². The van der Waals surface area contributed by atoms with Crippen molar-refractivity contribution in [2.75, 3.05) is 0 Å². The second kappa shape index (κ2) is 7.51. The van der Waals surface area contributed by atoms with Gasteiger partial charge in [0.05, 0.1) is 11.5 Å². The molecule has 1 saturated carbocycles. The second-order valence-electron chi connectivity index (χ2n) is 6.86. The monoisotopic (exact) mass is 448 g/mol. The summed E-state index contributed by atoms with van der Waals surface area (Å²) in [5.41, 5.74) is -4.26. The number of halogens is 8. The van der Waals surface area contributed by atoms with E-state index in [2.05, 4.69) is 4.74 Å². The van der Waals surface area contributed by atoms with E-state index in [-0.39, 0.29) is 0 Å². The Hall–Kier alpha value is -2.30. The number of carboxylic acid groups (broad SMARTS) is 1. The fourth-order valence-corrected chi connectivity index (χ4v) is 3.05. The van der Waals surface area contributed by atoms with E-state index in [9.17, 15) is 40.3 Å². The van der Waals surface area contributed by atoms with Crippen LogP contribution in [0.4, 0.5) is 30.7 Å². The van der Waals surface area contributed by atoms with Gasteiger partial charge in [0, 0.05) is 0 Å². The summed E-state index contributed by atoms with van der Waals surface area (Å²) >= 11 is 5.13. The summed E-state index contributed by atoms with van der Waals surface area (Å²) in [5, 5.41) is 7.14. The molecule has 0 spiro atoms. The number of rotatable bonds is 5. The Balaban J connectivity index is 2.21. The molecule has 0 amide bonds. The van der Waals surface area contributed by atoms with Crippen molar-refractivity contribution in [3.05, 3.63) is 45.5 Å². The molecular weight excluding hydrogens is 437 g/mol. The predicted octanol–water partition coefficient (Wildman–Crippen LogP) is 4.94. The molecular formula is C17H12ClF7O4. The minimum atomic E-state index is -4.83. The Morgan fingerprint density at radius 2 is 1.59 bits per heavy atom. The van der Waals surface area contributed by atoms with E-state index in [0.29, 0.717) is 6.08 Å². The molecule has 2 rings (SSSR count). The maximum absolute atomic E-state index is 13.9. The summed E-state index contributed by atoms with van der Waals surface area (Å²) in [5.74, 6) is -14.1.